The van der Waals surface area contributed by atoms with Gasteiger partial charge in [0.25, 0.3) is 0 Å². The zero-order valence-corrected chi connectivity index (χ0v) is 10.1. The van der Waals surface area contributed by atoms with E-state index in [4.69, 9.17) is 0 Å². The highest BCUT2D eigenvalue weighted by Gasteiger charge is 2.38. The molecule has 17 heavy (non-hydrogen) atoms. The number of likely N-dealkylation sites (tertiary alicyclic amines) is 1. The van der Waals surface area contributed by atoms with Crippen LogP contribution in [-0.4, -0.2) is 34.2 Å². The maximum absolute atomic E-state index is 12.0. The predicted octanol–water partition coefficient (Wildman–Crippen LogP) is 1.98. The lowest BCUT2D eigenvalue weighted by Crippen LogP contribution is -2.33. The number of hydrogen-bond acceptors (Lipinski definition) is 2. The Bertz CT molecular complexity index is 416. The first-order valence-electron chi connectivity index (χ1n) is 6.30. The summed E-state index contributed by atoms with van der Waals surface area (Å²) in [6, 6.07) is 1.83. The average Bonchev–Trinajstić information content (AvgIpc) is 2.92. The van der Waals surface area contributed by atoms with Crippen molar-refractivity contribution in [1.29, 1.82) is 0 Å². The smallest absolute Gasteiger partial charge is 0.323 e. The van der Waals surface area contributed by atoms with E-state index in [0.717, 1.165) is 30.6 Å². The summed E-state index contributed by atoms with van der Waals surface area (Å²) < 4.78 is 0. The molecule has 0 bridgehead atoms. The lowest BCUT2D eigenvalue weighted by molar-refractivity contribution is 0.218. The summed E-state index contributed by atoms with van der Waals surface area (Å²) in [4.78, 5) is 13.9. The predicted molar refractivity (Wildman–Crippen MR) is 64.7 cm³/mol. The Hall–Kier alpha value is -1.52. The van der Waals surface area contributed by atoms with E-state index in [0.29, 0.717) is 5.82 Å². The van der Waals surface area contributed by atoms with E-state index in [1.54, 1.807) is 0 Å². The molecule has 0 aromatic carbocycles. The van der Waals surface area contributed by atoms with Crippen molar-refractivity contribution in [3.05, 3.63) is 11.8 Å². The second-order valence-corrected chi connectivity index (χ2v) is 5.22. The van der Waals surface area contributed by atoms with Crippen LogP contribution in [0.1, 0.15) is 25.0 Å². The maximum atomic E-state index is 12.0. The quantitative estimate of drug-likeness (QED) is 0.780. The van der Waals surface area contributed by atoms with E-state index < -0.39 is 0 Å². The molecule has 2 amide bonds. The minimum atomic E-state index is -0.00843. The molecule has 2 unspecified atom stereocenters. The van der Waals surface area contributed by atoms with Crippen LogP contribution in [-0.2, 0) is 0 Å². The van der Waals surface area contributed by atoms with Crippen LogP contribution in [0.4, 0.5) is 10.6 Å². The number of aromatic amines is 1. The fraction of sp³-hybridized carbons (Fsp3) is 0.667. The molecule has 0 spiro atoms. The van der Waals surface area contributed by atoms with Crippen LogP contribution in [0.3, 0.4) is 0 Å². The molecule has 2 aliphatic rings. The minimum Gasteiger partial charge on any atom is -0.324 e. The van der Waals surface area contributed by atoms with Gasteiger partial charge in [0, 0.05) is 24.8 Å². The molecule has 2 N–H and O–H groups in total. The van der Waals surface area contributed by atoms with E-state index in [1.807, 2.05) is 17.9 Å². The van der Waals surface area contributed by atoms with Gasteiger partial charge in [-0.15, -0.1) is 0 Å². The number of nitrogens with one attached hydrogen (secondary N) is 2. The van der Waals surface area contributed by atoms with Crippen molar-refractivity contribution in [3.8, 4) is 0 Å². The SMILES string of the molecule is Cc1cc(NC(=O)N2CC3CCCC3C2)n[nH]1. The van der Waals surface area contributed by atoms with Crippen LogP contribution in [0.2, 0.25) is 0 Å². The van der Waals surface area contributed by atoms with Gasteiger partial charge in [0.2, 0.25) is 0 Å². The molecule has 1 saturated carbocycles. The third-order valence-corrected chi connectivity index (χ3v) is 3.95. The molecule has 1 aromatic heterocycles. The number of hydrogen-bond donors (Lipinski definition) is 2. The van der Waals surface area contributed by atoms with Crippen molar-refractivity contribution in [3.63, 3.8) is 0 Å². The molecule has 2 heterocycles. The highest BCUT2D eigenvalue weighted by Crippen LogP contribution is 2.37. The number of aryl methyl sites for hydroxylation is 1. The molecule has 92 valence electrons. The normalized spacial score (nSPS) is 27.2. The first-order chi connectivity index (χ1) is 8.22. The Labute approximate surface area is 101 Å². The molecular formula is C12H18N4O. The standard InChI is InChI=1S/C12H18N4O/c1-8-5-11(15-14-8)13-12(17)16-6-9-3-2-4-10(9)7-16/h5,9-10H,2-4,6-7H2,1H3,(H2,13,14,15,17). The Morgan fingerprint density at radius 3 is 2.76 bits per heavy atom. The molecule has 2 atom stereocenters. The van der Waals surface area contributed by atoms with E-state index >= 15 is 0 Å². The maximum Gasteiger partial charge on any atom is 0.323 e. The Balaban J connectivity index is 1.60. The van der Waals surface area contributed by atoms with Crippen molar-refractivity contribution in [2.45, 2.75) is 26.2 Å². The molecular weight excluding hydrogens is 216 g/mol. The number of rotatable bonds is 1. The number of aromatic nitrogens is 2. The van der Waals surface area contributed by atoms with Crippen LogP contribution in [0, 0.1) is 18.8 Å². The second kappa shape index (κ2) is 4.05. The fourth-order valence-corrected chi connectivity index (χ4v) is 3.07. The summed E-state index contributed by atoms with van der Waals surface area (Å²) in [5.41, 5.74) is 0.957. The Kier molecular flexibility index (Phi) is 2.53. The average molecular weight is 234 g/mol. The molecule has 5 heteroatoms. The molecule has 5 nitrogen and oxygen atoms in total. The van der Waals surface area contributed by atoms with Gasteiger partial charge in [0.1, 0.15) is 0 Å². The summed E-state index contributed by atoms with van der Waals surface area (Å²) in [5.74, 6) is 2.09. The molecule has 1 aliphatic carbocycles. The van der Waals surface area contributed by atoms with Crippen LogP contribution in [0.25, 0.3) is 0 Å². The number of nitrogens with zero attached hydrogens (tertiary/aromatic N) is 2. The first kappa shape index (κ1) is 10.6. The molecule has 1 aliphatic heterocycles. The van der Waals surface area contributed by atoms with Crippen LogP contribution in [0.15, 0.2) is 6.07 Å². The number of carbonyl (C=O) groups is 1. The molecule has 0 radical (unpaired) electrons. The number of fused-ring (bicyclic) bond motifs is 1. The monoisotopic (exact) mass is 234 g/mol. The largest absolute Gasteiger partial charge is 0.324 e. The van der Waals surface area contributed by atoms with Crippen LogP contribution in [0.5, 0.6) is 0 Å². The lowest BCUT2D eigenvalue weighted by atomic mass is 10.0. The van der Waals surface area contributed by atoms with Gasteiger partial charge in [0.15, 0.2) is 5.82 Å². The third kappa shape index (κ3) is 2.01. The summed E-state index contributed by atoms with van der Waals surface area (Å²) in [5, 5.41) is 9.68. The number of urea groups is 1. The van der Waals surface area contributed by atoms with Gasteiger partial charge in [-0.3, -0.25) is 10.4 Å². The van der Waals surface area contributed by atoms with E-state index in [2.05, 4.69) is 15.5 Å². The summed E-state index contributed by atoms with van der Waals surface area (Å²) >= 11 is 0. The van der Waals surface area contributed by atoms with Crippen LogP contribution < -0.4 is 5.32 Å². The molecule has 1 saturated heterocycles. The third-order valence-electron chi connectivity index (χ3n) is 3.95. The van der Waals surface area contributed by atoms with Gasteiger partial charge in [-0.2, -0.15) is 5.10 Å². The van der Waals surface area contributed by atoms with Crippen molar-refractivity contribution in [1.82, 2.24) is 15.1 Å². The van der Waals surface area contributed by atoms with Gasteiger partial charge >= 0.3 is 6.03 Å². The highest BCUT2D eigenvalue weighted by atomic mass is 16.2. The van der Waals surface area contributed by atoms with Gasteiger partial charge in [-0.25, -0.2) is 4.79 Å². The van der Waals surface area contributed by atoms with Crippen molar-refractivity contribution in [2.75, 3.05) is 18.4 Å². The Morgan fingerprint density at radius 2 is 2.18 bits per heavy atom. The Morgan fingerprint density at radius 1 is 1.47 bits per heavy atom. The zero-order chi connectivity index (χ0) is 11.8. The number of H-pyrrole nitrogens is 1. The molecule has 1 aromatic rings. The lowest BCUT2D eigenvalue weighted by Gasteiger charge is -2.16. The first-order valence-corrected chi connectivity index (χ1v) is 6.30. The van der Waals surface area contributed by atoms with Gasteiger partial charge in [-0.1, -0.05) is 6.42 Å². The van der Waals surface area contributed by atoms with E-state index in [-0.39, 0.29) is 6.03 Å². The summed E-state index contributed by atoms with van der Waals surface area (Å²) in [6.45, 7) is 3.75. The second-order valence-electron chi connectivity index (χ2n) is 5.22. The summed E-state index contributed by atoms with van der Waals surface area (Å²) in [6.07, 6.45) is 3.91. The summed E-state index contributed by atoms with van der Waals surface area (Å²) in [7, 11) is 0. The van der Waals surface area contributed by atoms with Gasteiger partial charge < -0.3 is 4.90 Å². The molecule has 2 fully saturated rings. The van der Waals surface area contributed by atoms with Crippen molar-refractivity contribution < 1.29 is 4.79 Å². The number of amides is 2. The van der Waals surface area contributed by atoms with Crippen molar-refractivity contribution >= 4 is 11.8 Å². The van der Waals surface area contributed by atoms with Gasteiger partial charge in [-0.05, 0) is 31.6 Å². The van der Waals surface area contributed by atoms with E-state index in [1.165, 1.54) is 19.3 Å². The highest BCUT2D eigenvalue weighted by molar-refractivity contribution is 5.88. The topological polar surface area (TPSA) is 61.0 Å². The number of carbonyl (C=O) groups excluding carboxylic acids is 1. The van der Waals surface area contributed by atoms with E-state index in [9.17, 15) is 4.79 Å². The zero-order valence-electron chi connectivity index (χ0n) is 10.1. The number of anilines is 1. The minimum absolute atomic E-state index is 0.00843. The van der Waals surface area contributed by atoms with Crippen molar-refractivity contribution in [2.24, 2.45) is 11.8 Å². The van der Waals surface area contributed by atoms with Crippen LogP contribution >= 0.6 is 0 Å². The molecule has 3 rings (SSSR count). The fourth-order valence-electron chi connectivity index (χ4n) is 3.07. The van der Waals surface area contributed by atoms with Gasteiger partial charge in [0.05, 0.1) is 0 Å².